The summed E-state index contributed by atoms with van der Waals surface area (Å²) in [5, 5.41) is 3.30. The molecule has 3 nitrogen and oxygen atoms in total. The molecule has 78 valence electrons. The van der Waals surface area contributed by atoms with Gasteiger partial charge >= 0.3 is 0 Å². The van der Waals surface area contributed by atoms with Crippen molar-refractivity contribution in [3.63, 3.8) is 0 Å². The van der Waals surface area contributed by atoms with Crippen LogP contribution < -0.4 is 5.32 Å². The quantitative estimate of drug-likeness (QED) is 0.772. The van der Waals surface area contributed by atoms with Crippen LogP contribution in [0.15, 0.2) is 18.3 Å². The summed E-state index contributed by atoms with van der Waals surface area (Å²) in [5.74, 6) is 0.967. The second-order valence-electron chi connectivity index (χ2n) is 3.54. The van der Waals surface area contributed by atoms with E-state index in [4.69, 9.17) is 0 Å². The SMILES string of the molecule is CCN(C)CCNc1cc(C)ccn1. The zero-order valence-electron chi connectivity index (χ0n) is 9.25. The zero-order chi connectivity index (χ0) is 10.4. The molecule has 0 atom stereocenters. The number of anilines is 1. The van der Waals surface area contributed by atoms with Gasteiger partial charge in [0.15, 0.2) is 0 Å². The third-order valence-electron chi connectivity index (χ3n) is 2.25. The van der Waals surface area contributed by atoms with Gasteiger partial charge in [0, 0.05) is 19.3 Å². The van der Waals surface area contributed by atoms with Gasteiger partial charge in [0.05, 0.1) is 0 Å². The molecule has 0 radical (unpaired) electrons. The van der Waals surface area contributed by atoms with Crippen LogP contribution in [0.4, 0.5) is 5.82 Å². The minimum absolute atomic E-state index is 0.945. The molecule has 0 saturated heterocycles. The summed E-state index contributed by atoms with van der Waals surface area (Å²) in [5.41, 5.74) is 1.24. The number of likely N-dealkylation sites (N-methyl/N-ethyl adjacent to an activating group) is 1. The monoisotopic (exact) mass is 193 g/mol. The first-order chi connectivity index (χ1) is 6.72. The fourth-order valence-electron chi connectivity index (χ4n) is 1.17. The highest BCUT2D eigenvalue weighted by Crippen LogP contribution is 2.04. The van der Waals surface area contributed by atoms with Gasteiger partial charge in [-0.2, -0.15) is 0 Å². The van der Waals surface area contributed by atoms with Crippen LogP contribution >= 0.6 is 0 Å². The van der Waals surface area contributed by atoms with Gasteiger partial charge in [-0.1, -0.05) is 6.92 Å². The second-order valence-corrected chi connectivity index (χ2v) is 3.54. The Hall–Kier alpha value is -1.09. The lowest BCUT2D eigenvalue weighted by Gasteiger charge is -2.14. The van der Waals surface area contributed by atoms with Gasteiger partial charge in [-0.3, -0.25) is 0 Å². The Kier molecular flexibility index (Phi) is 4.40. The van der Waals surface area contributed by atoms with Crippen LogP contribution in [0, 0.1) is 6.92 Å². The Labute approximate surface area is 86.2 Å². The average Bonchev–Trinajstić information content (AvgIpc) is 2.17. The summed E-state index contributed by atoms with van der Waals surface area (Å²) in [6.07, 6.45) is 1.83. The maximum Gasteiger partial charge on any atom is 0.126 e. The van der Waals surface area contributed by atoms with E-state index in [0.29, 0.717) is 0 Å². The molecule has 0 fully saturated rings. The van der Waals surface area contributed by atoms with Crippen LogP contribution in [0.5, 0.6) is 0 Å². The molecule has 0 amide bonds. The molecule has 1 N–H and O–H groups in total. The van der Waals surface area contributed by atoms with Crippen molar-refractivity contribution in [2.24, 2.45) is 0 Å². The average molecular weight is 193 g/mol. The predicted molar refractivity (Wildman–Crippen MR) is 60.6 cm³/mol. The standard InChI is InChI=1S/C11H19N3/c1-4-14(3)8-7-13-11-9-10(2)5-6-12-11/h5-6,9H,4,7-8H2,1-3H3,(H,12,13). The van der Waals surface area contributed by atoms with E-state index in [2.05, 4.69) is 42.2 Å². The molecule has 0 spiro atoms. The molecule has 1 aromatic heterocycles. The topological polar surface area (TPSA) is 28.2 Å². The Balaban J connectivity index is 2.31. The van der Waals surface area contributed by atoms with E-state index in [9.17, 15) is 0 Å². The zero-order valence-corrected chi connectivity index (χ0v) is 9.25. The van der Waals surface area contributed by atoms with Crippen LogP contribution in [0.25, 0.3) is 0 Å². The van der Waals surface area contributed by atoms with E-state index >= 15 is 0 Å². The van der Waals surface area contributed by atoms with Crippen LogP contribution in [0.3, 0.4) is 0 Å². The van der Waals surface area contributed by atoms with E-state index in [1.807, 2.05) is 12.3 Å². The van der Waals surface area contributed by atoms with Crippen LogP contribution in [0.1, 0.15) is 12.5 Å². The summed E-state index contributed by atoms with van der Waals surface area (Å²) < 4.78 is 0. The summed E-state index contributed by atoms with van der Waals surface area (Å²) in [6.45, 7) is 7.31. The lowest BCUT2D eigenvalue weighted by molar-refractivity contribution is 0.367. The lowest BCUT2D eigenvalue weighted by Crippen LogP contribution is -2.24. The van der Waals surface area contributed by atoms with Crippen molar-refractivity contribution in [3.05, 3.63) is 23.9 Å². The van der Waals surface area contributed by atoms with Crippen molar-refractivity contribution in [1.29, 1.82) is 0 Å². The largest absolute Gasteiger partial charge is 0.369 e. The Morgan fingerprint density at radius 2 is 2.29 bits per heavy atom. The van der Waals surface area contributed by atoms with Gasteiger partial charge in [0.2, 0.25) is 0 Å². The molecule has 0 aliphatic heterocycles. The molecule has 1 rings (SSSR count). The molecular formula is C11H19N3. The minimum Gasteiger partial charge on any atom is -0.369 e. The first-order valence-electron chi connectivity index (χ1n) is 5.07. The normalized spacial score (nSPS) is 10.6. The van der Waals surface area contributed by atoms with Crippen LogP contribution in [-0.4, -0.2) is 36.6 Å². The molecule has 0 aliphatic rings. The number of aryl methyl sites for hydroxylation is 1. The third-order valence-corrected chi connectivity index (χ3v) is 2.25. The van der Waals surface area contributed by atoms with Gasteiger partial charge in [-0.15, -0.1) is 0 Å². The Bertz CT molecular complexity index is 273. The predicted octanol–water partition coefficient (Wildman–Crippen LogP) is 1.75. The summed E-state index contributed by atoms with van der Waals surface area (Å²) >= 11 is 0. The molecule has 0 saturated carbocycles. The molecule has 0 aromatic carbocycles. The minimum atomic E-state index is 0.945. The van der Waals surface area contributed by atoms with Crippen molar-refractivity contribution in [3.8, 4) is 0 Å². The number of rotatable bonds is 5. The number of aromatic nitrogens is 1. The Morgan fingerprint density at radius 1 is 1.50 bits per heavy atom. The molecule has 0 bridgehead atoms. The highest BCUT2D eigenvalue weighted by Gasteiger charge is 1.95. The smallest absolute Gasteiger partial charge is 0.126 e. The number of nitrogens with one attached hydrogen (secondary N) is 1. The molecule has 1 aromatic rings. The van der Waals surface area contributed by atoms with Gasteiger partial charge in [0.25, 0.3) is 0 Å². The van der Waals surface area contributed by atoms with Crippen molar-refractivity contribution in [2.45, 2.75) is 13.8 Å². The van der Waals surface area contributed by atoms with Gasteiger partial charge < -0.3 is 10.2 Å². The van der Waals surface area contributed by atoms with Crippen molar-refractivity contribution in [2.75, 3.05) is 32.0 Å². The van der Waals surface area contributed by atoms with Crippen molar-refractivity contribution >= 4 is 5.82 Å². The molecule has 14 heavy (non-hydrogen) atoms. The molecule has 0 unspecified atom stereocenters. The van der Waals surface area contributed by atoms with Gasteiger partial charge in [0.1, 0.15) is 5.82 Å². The highest BCUT2D eigenvalue weighted by molar-refractivity contribution is 5.36. The Morgan fingerprint density at radius 3 is 2.93 bits per heavy atom. The van der Waals surface area contributed by atoms with Crippen LogP contribution in [-0.2, 0) is 0 Å². The second kappa shape index (κ2) is 5.60. The number of nitrogens with zero attached hydrogens (tertiary/aromatic N) is 2. The van der Waals surface area contributed by atoms with E-state index in [-0.39, 0.29) is 0 Å². The highest BCUT2D eigenvalue weighted by atomic mass is 15.1. The maximum atomic E-state index is 4.23. The maximum absolute atomic E-state index is 4.23. The lowest BCUT2D eigenvalue weighted by atomic mass is 10.3. The van der Waals surface area contributed by atoms with Gasteiger partial charge in [-0.25, -0.2) is 4.98 Å². The fourth-order valence-corrected chi connectivity index (χ4v) is 1.17. The van der Waals surface area contributed by atoms with E-state index in [0.717, 1.165) is 25.5 Å². The first kappa shape index (κ1) is 11.0. The van der Waals surface area contributed by atoms with E-state index in [1.54, 1.807) is 0 Å². The molecule has 0 aliphatic carbocycles. The summed E-state index contributed by atoms with van der Waals surface area (Å²) in [6, 6.07) is 4.06. The van der Waals surface area contributed by atoms with E-state index in [1.165, 1.54) is 5.56 Å². The van der Waals surface area contributed by atoms with E-state index < -0.39 is 0 Å². The molecule has 1 heterocycles. The van der Waals surface area contributed by atoms with Crippen LogP contribution in [0.2, 0.25) is 0 Å². The van der Waals surface area contributed by atoms with Gasteiger partial charge in [-0.05, 0) is 38.2 Å². The van der Waals surface area contributed by atoms with Crippen molar-refractivity contribution in [1.82, 2.24) is 9.88 Å². The number of pyridine rings is 1. The molecular weight excluding hydrogens is 174 g/mol. The number of hydrogen-bond donors (Lipinski definition) is 1. The fraction of sp³-hybridized carbons (Fsp3) is 0.545. The molecule has 3 heteroatoms. The summed E-state index contributed by atoms with van der Waals surface area (Å²) in [4.78, 5) is 6.50. The summed E-state index contributed by atoms with van der Waals surface area (Å²) in [7, 11) is 2.12. The van der Waals surface area contributed by atoms with Crippen molar-refractivity contribution < 1.29 is 0 Å². The first-order valence-corrected chi connectivity index (χ1v) is 5.07. The number of hydrogen-bond acceptors (Lipinski definition) is 3. The third kappa shape index (κ3) is 3.75.